The quantitative estimate of drug-likeness (QED) is 0.103. The molecule has 0 saturated carbocycles. The van der Waals surface area contributed by atoms with E-state index in [1.54, 1.807) is 0 Å². The summed E-state index contributed by atoms with van der Waals surface area (Å²) < 4.78 is 0. The highest BCUT2D eigenvalue weighted by Gasteiger charge is 2.15. The lowest BCUT2D eigenvalue weighted by Gasteiger charge is -2.18. The van der Waals surface area contributed by atoms with Crippen molar-refractivity contribution in [2.45, 2.75) is 118 Å². The summed E-state index contributed by atoms with van der Waals surface area (Å²) >= 11 is 0. The predicted octanol–water partition coefficient (Wildman–Crippen LogP) is 16.4. The molecule has 6 rings (SSSR count). The highest BCUT2D eigenvalue weighted by atomic mass is 31.1. The van der Waals surface area contributed by atoms with Crippen molar-refractivity contribution in [2.75, 3.05) is 6.66 Å². The summed E-state index contributed by atoms with van der Waals surface area (Å²) in [7, 11) is -0.617. The van der Waals surface area contributed by atoms with E-state index in [1.807, 2.05) is 129 Å². The van der Waals surface area contributed by atoms with Gasteiger partial charge in [-0.3, -0.25) is 10.5 Å². The van der Waals surface area contributed by atoms with Crippen molar-refractivity contribution in [1.29, 1.82) is 0 Å². The zero-order valence-corrected chi connectivity index (χ0v) is 41.9. The molecule has 0 aliphatic heterocycles. The van der Waals surface area contributed by atoms with Crippen molar-refractivity contribution in [2.24, 2.45) is 0 Å². The third-order valence-corrected chi connectivity index (χ3v) is 10.9. The minimum atomic E-state index is -0.446. The lowest BCUT2D eigenvalue weighted by molar-refractivity contribution is -0.176. The Morgan fingerprint density at radius 1 is 0.259 bits per heavy atom. The molecule has 6 aromatic rings. The Labute approximate surface area is 363 Å². The molecule has 0 atom stereocenters. The van der Waals surface area contributed by atoms with Gasteiger partial charge in [0.05, 0.1) is 0 Å². The molecule has 0 aromatic heterocycles. The first-order chi connectivity index (χ1) is 28.7. The lowest BCUT2D eigenvalue weighted by Crippen LogP contribution is -2.20. The molecule has 6 aromatic carbocycles. The molecule has 4 heteroatoms. The third kappa shape index (κ3) is 33.1. The van der Waals surface area contributed by atoms with Crippen LogP contribution < -0.4 is 26.5 Å². The SMILES string of the molecule is CC.CC.CC.CC.CC.CC.CC.CC.CP(c1ccccc1)c1ccccc1.Cc1ccccc1.OO.c1ccc(P(c2ccccc2)c2ccccc2)cc1. The number of benzene rings is 6. The number of aryl methyl sites for hydroxylation is 1. The molecule has 0 radical (unpaired) electrons. The highest BCUT2D eigenvalue weighted by molar-refractivity contribution is 7.79. The monoisotopic (exact) mass is 829 g/mol. The Kier molecular flexibility index (Phi) is 65.3. The first-order valence-corrected chi connectivity index (χ1v) is 24.9. The van der Waals surface area contributed by atoms with Crippen LogP contribution in [0.5, 0.6) is 0 Å². The van der Waals surface area contributed by atoms with Crippen molar-refractivity contribution >= 4 is 42.4 Å². The van der Waals surface area contributed by atoms with Crippen molar-refractivity contribution in [3.05, 3.63) is 188 Å². The van der Waals surface area contributed by atoms with Crippen LogP contribution in [0, 0.1) is 6.92 Å². The molecule has 2 nitrogen and oxygen atoms in total. The van der Waals surface area contributed by atoms with Crippen molar-refractivity contribution in [3.63, 3.8) is 0 Å². The second-order valence-electron chi connectivity index (χ2n) is 9.23. The Hall–Kier alpha value is -3.90. The van der Waals surface area contributed by atoms with Crippen LogP contribution in [-0.2, 0) is 0 Å². The summed E-state index contributed by atoms with van der Waals surface area (Å²) in [4.78, 5) is 0. The van der Waals surface area contributed by atoms with Gasteiger partial charge in [0.25, 0.3) is 0 Å². The number of hydrogen-bond donors (Lipinski definition) is 2. The van der Waals surface area contributed by atoms with E-state index in [4.69, 9.17) is 10.5 Å². The van der Waals surface area contributed by atoms with E-state index in [2.05, 4.69) is 177 Å². The van der Waals surface area contributed by atoms with Gasteiger partial charge in [0.15, 0.2) is 0 Å². The maximum absolute atomic E-state index is 6.00. The molecule has 0 aliphatic carbocycles. The largest absolute Gasteiger partial charge is 0.255 e. The van der Waals surface area contributed by atoms with E-state index in [9.17, 15) is 0 Å². The van der Waals surface area contributed by atoms with E-state index in [1.165, 1.54) is 32.1 Å². The van der Waals surface area contributed by atoms with Gasteiger partial charge in [-0.05, 0) is 56.0 Å². The molecule has 0 fully saturated rings. The maximum atomic E-state index is 6.00. The third-order valence-electron chi connectivity index (χ3n) is 6.27. The predicted molar refractivity (Wildman–Crippen MR) is 277 cm³/mol. The van der Waals surface area contributed by atoms with Gasteiger partial charge in [-0.1, -0.05) is 298 Å². The first-order valence-electron chi connectivity index (χ1n) is 21.7. The van der Waals surface area contributed by atoms with Crippen molar-refractivity contribution in [1.82, 2.24) is 0 Å². The number of hydrogen-bond acceptors (Lipinski definition) is 2. The molecule has 0 unspecified atom stereocenters. The second kappa shape index (κ2) is 57.4. The molecule has 0 amide bonds. The minimum Gasteiger partial charge on any atom is -0.255 e. The fourth-order valence-corrected chi connectivity index (χ4v) is 8.01. The van der Waals surface area contributed by atoms with E-state index in [0.29, 0.717) is 0 Å². The zero-order valence-electron chi connectivity index (χ0n) is 40.1. The molecule has 324 valence electrons. The normalized spacial score (nSPS) is 7.97. The van der Waals surface area contributed by atoms with Crippen LogP contribution in [0.25, 0.3) is 0 Å². The molecular formula is C54H86O2P2. The summed E-state index contributed by atoms with van der Waals surface area (Å²) in [6, 6.07) is 64.0. The average molecular weight is 829 g/mol. The average Bonchev–Trinajstić information content (AvgIpc) is 3.37. The van der Waals surface area contributed by atoms with Crippen LogP contribution in [-0.4, -0.2) is 17.2 Å². The van der Waals surface area contributed by atoms with E-state index in [0.717, 1.165) is 0 Å². The highest BCUT2D eigenvalue weighted by Crippen LogP contribution is 2.32. The van der Waals surface area contributed by atoms with Gasteiger partial charge in [0.1, 0.15) is 0 Å². The minimum absolute atomic E-state index is 0.171. The van der Waals surface area contributed by atoms with Gasteiger partial charge < -0.3 is 0 Å². The van der Waals surface area contributed by atoms with Gasteiger partial charge in [-0.25, -0.2) is 0 Å². The Bertz CT molecular complexity index is 1350. The Morgan fingerprint density at radius 3 is 0.569 bits per heavy atom. The van der Waals surface area contributed by atoms with Gasteiger partial charge in [0.2, 0.25) is 0 Å². The van der Waals surface area contributed by atoms with Crippen LogP contribution in [0.1, 0.15) is 116 Å². The van der Waals surface area contributed by atoms with Gasteiger partial charge in [-0.15, -0.1) is 0 Å². The van der Waals surface area contributed by atoms with Crippen LogP contribution in [0.4, 0.5) is 0 Å². The van der Waals surface area contributed by atoms with Crippen molar-refractivity contribution < 1.29 is 10.5 Å². The van der Waals surface area contributed by atoms with Crippen LogP contribution in [0.3, 0.4) is 0 Å². The molecule has 0 spiro atoms. The summed E-state index contributed by atoms with van der Waals surface area (Å²) in [5.74, 6) is 0. The Balaban J connectivity index is -0.000000153. The van der Waals surface area contributed by atoms with E-state index in [-0.39, 0.29) is 7.92 Å². The summed E-state index contributed by atoms with van der Waals surface area (Å²) in [5, 5.41) is 19.1. The zero-order chi connectivity index (χ0) is 45.8. The first kappa shape index (κ1) is 65.9. The molecule has 0 bridgehead atoms. The maximum Gasteiger partial charge on any atom is -0.0134 e. The van der Waals surface area contributed by atoms with Gasteiger partial charge >= 0.3 is 0 Å². The molecule has 2 N–H and O–H groups in total. The van der Waals surface area contributed by atoms with Crippen molar-refractivity contribution in [3.8, 4) is 0 Å². The molecule has 0 aliphatic rings. The smallest absolute Gasteiger partial charge is 0.0134 e. The van der Waals surface area contributed by atoms with Crippen LogP contribution >= 0.6 is 15.8 Å². The standard InChI is InChI=1S/C18H15P.C13H13P.C7H8.8C2H6.H2O2/c1-4-10-16(11-5-1)19(17-12-6-2-7-13-17)18-14-8-3-9-15-18;1-14(12-8-4-2-5-9-12)13-10-6-3-7-11-13;1-7-5-3-2-4-6-7;9*1-2/h1-15H;2-11H,1H3;2-6H,1H3;8*1-2H3;1-2H. The lowest BCUT2D eigenvalue weighted by atomic mass is 10.2. The fraction of sp³-hybridized carbons (Fsp3) is 0.333. The van der Waals surface area contributed by atoms with E-state index < -0.39 is 7.92 Å². The Morgan fingerprint density at radius 2 is 0.414 bits per heavy atom. The molecule has 0 saturated heterocycles. The molecule has 0 heterocycles. The topological polar surface area (TPSA) is 40.5 Å². The van der Waals surface area contributed by atoms with Gasteiger partial charge in [-0.2, -0.15) is 0 Å². The summed E-state index contributed by atoms with van der Waals surface area (Å²) in [5.41, 5.74) is 1.32. The molecule has 58 heavy (non-hydrogen) atoms. The van der Waals surface area contributed by atoms with E-state index >= 15 is 0 Å². The number of rotatable bonds is 5. The van der Waals surface area contributed by atoms with Crippen LogP contribution in [0.2, 0.25) is 0 Å². The summed E-state index contributed by atoms with van der Waals surface area (Å²) in [6.45, 7) is 36.4. The molecular weight excluding hydrogens is 743 g/mol. The fourth-order valence-electron chi connectivity index (χ4n) is 4.17. The second-order valence-corrected chi connectivity index (χ2v) is 13.6. The van der Waals surface area contributed by atoms with Crippen LogP contribution in [0.15, 0.2) is 182 Å². The summed E-state index contributed by atoms with van der Waals surface area (Å²) in [6.07, 6.45) is 0. The van der Waals surface area contributed by atoms with Gasteiger partial charge in [0, 0.05) is 0 Å².